The summed E-state index contributed by atoms with van der Waals surface area (Å²) in [6.07, 6.45) is 2.07. The Hall–Kier alpha value is -2.05. The lowest BCUT2D eigenvalue weighted by Gasteiger charge is -2.17. The SMILES string of the molecule is CC[C@](C)(O)c1csc(C(=O)c2c[nH]c3cc(F)ccc23)n1. The molecule has 0 aliphatic heterocycles. The molecule has 0 saturated carbocycles. The van der Waals surface area contributed by atoms with Crippen molar-refractivity contribution in [1.29, 1.82) is 0 Å². The number of aromatic amines is 1. The molecule has 3 aromatic rings. The van der Waals surface area contributed by atoms with E-state index in [-0.39, 0.29) is 11.6 Å². The van der Waals surface area contributed by atoms with Crippen LogP contribution in [-0.2, 0) is 5.60 Å². The van der Waals surface area contributed by atoms with Gasteiger partial charge in [-0.15, -0.1) is 11.3 Å². The van der Waals surface area contributed by atoms with Crippen LogP contribution < -0.4 is 0 Å². The molecule has 0 spiro atoms. The number of hydrogen-bond donors (Lipinski definition) is 2. The molecule has 114 valence electrons. The molecule has 4 nitrogen and oxygen atoms in total. The number of H-pyrrole nitrogens is 1. The molecule has 0 unspecified atom stereocenters. The highest BCUT2D eigenvalue weighted by molar-refractivity contribution is 7.12. The molecule has 0 amide bonds. The van der Waals surface area contributed by atoms with Crippen molar-refractivity contribution in [3.63, 3.8) is 0 Å². The molecule has 22 heavy (non-hydrogen) atoms. The average molecular weight is 318 g/mol. The Morgan fingerprint density at radius 1 is 1.50 bits per heavy atom. The Balaban J connectivity index is 2.00. The lowest BCUT2D eigenvalue weighted by atomic mass is 10.0. The zero-order valence-electron chi connectivity index (χ0n) is 12.2. The van der Waals surface area contributed by atoms with Gasteiger partial charge in [0.05, 0.1) is 11.3 Å². The van der Waals surface area contributed by atoms with Crippen molar-refractivity contribution in [3.05, 3.63) is 51.9 Å². The van der Waals surface area contributed by atoms with E-state index in [9.17, 15) is 14.3 Å². The first-order valence-electron chi connectivity index (χ1n) is 6.92. The highest BCUT2D eigenvalue weighted by atomic mass is 32.1. The van der Waals surface area contributed by atoms with Crippen molar-refractivity contribution in [2.24, 2.45) is 0 Å². The summed E-state index contributed by atoms with van der Waals surface area (Å²) < 4.78 is 13.2. The van der Waals surface area contributed by atoms with E-state index in [0.717, 1.165) is 0 Å². The fourth-order valence-corrected chi connectivity index (χ4v) is 3.11. The number of rotatable bonds is 4. The van der Waals surface area contributed by atoms with Crippen LogP contribution in [0, 0.1) is 5.82 Å². The number of halogens is 1. The number of nitrogens with zero attached hydrogens (tertiary/aromatic N) is 1. The Morgan fingerprint density at radius 2 is 2.27 bits per heavy atom. The summed E-state index contributed by atoms with van der Waals surface area (Å²) in [5, 5.41) is 12.9. The van der Waals surface area contributed by atoms with Gasteiger partial charge in [0.25, 0.3) is 0 Å². The van der Waals surface area contributed by atoms with Crippen LogP contribution in [0.2, 0.25) is 0 Å². The number of hydrogen-bond acceptors (Lipinski definition) is 4. The largest absolute Gasteiger partial charge is 0.384 e. The quantitative estimate of drug-likeness (QED) is 0.722. The van der Waals surface area contributed by atoms with Crippen LogP contribution in [0.25, 0.3) is 10.9 Å². The van der Waals surface area contributed by atoms with Crippen molar-refractivity contribution >= 4 is 28.0 Å². The summed E-state index contributed by atoms with van der Waals surface area (Å²) in [6.45, 7) is 3.53. The van der Waals surface area contributed by atoms with Crippen molar-refractivity contribution in [2.45, 2.75) is 25.9 Å². The molecule has 0 bridgehead atoms. The predicted octanol–water partition coefficient (Wildman–Crippen LogP) is 3.61. The zero-order valence-corrected chi connectivity index (χ0v) is 13.0. The second-order valence-corrected chi connectivity index (χ2v) is 6.24. The molecular formula is C16H15FN2O2S. The Kier molecular flexibility index (Phi) is 3.58. The van der Waals surface area contributed by atoms with E-state index < -0.39 is 5.60 Å². The van der Waals surface area contributed by atoms with Crippen LogP contribution in [0.4, 0.5) is 4.39 Å². The predicted molar refractivity (Wildman–Crippen MR) is 83.7 cm³/mol. The van der Waals surface area contributed by atoms with E-state index in [1.807, 2.05) is 6.92 Å². The first-order valence-corrected chi connectivity index (χ1v) is 7.80. The zero-order chi connectivity index (χ0) is 15.9. The summed E-state index contributed by atoms with van der Waals surface area (Å²) in [5.41, 5.74) is 0.472. The van der Waals surface area contributed by atoms with Gasteiger partial charge in [-0.25, -0.2) is 9.37 Å². The van der Waals surface area contributed by atoms with E-state index in [2.05, 4.69) is 9.97 Å². The van der Waals surface area contributed by atoms with Crippen LogP contribution in [0.15, 0.2) is 29.8 Å². The first-order chi connectivity index (χ1) is 10.4. The number of nitrogens with one attached hydrogen (secondary N) is 1. The van der Waals surface area contributed by atoms with E-state index >= 15 is 0 Å². The minimum absolute atomic E-state index is 0.235. The molecule has 0 aliphatic carbocycles. The molecule has 3 rings (SSSR count). The normalized spacial score (nSPS) is 14.2. The molecule has 0 fully saturated rings. The number of ketones is 1. The summed E-state index contributed by atoms with van der Waals surface area (Å²) in [4.78, 5) is 19.7. The highest BCUT2D eigenvalue weighted by Gasteiger charge is 2.26. The maximum atomic E-state index is 13.2. The Labute approximate surface area is 130 Å². The molecular weight excluding hydrogens is 303 g/mol. The number of fused-ring (bicyclic) bond motifs is 1. The van der Waals surface area contributed by atoms with Gasteiger partial charge in [-0.2, -0.15) is 0 Å². The monoisotopic (exact) mass is 318 g/mol. The van der Waals surface area contributed by atoms with Crippen LogP contribution in [0.1, 0.15) is 41.3 Å². The molecule has 2 heterocycles. The lowest BCUT2D eigenvalue weighted by molar-refractivity contribution is 0.0490. The smallest absolute Gasteiger partial charge is 0.223 e. The van der Waals surface area contributed by atoms with E-state index in [4.69, 9.17) is 0 Å². The maximum absolute atomic E-state index is 13.2. The average Bonchev–Trinajstić information content (AvgIpc) is 3.13. The van der Waals surface area contributed by atoms with E-state index in [1.54, 1.807) is 24.6 Å². The maximum Gasteiger partial charge on any atom is 0.223 e. The minimum atomic E-state index is -1.04. The van der Waals surface area contributed by atoms with Crippen LogP contribution in [0.5, 0.6) is 0 Å². The van der Waals surface area contributed by atoms with Gasteiger partial charge in [-0.05, 0) is 31.5 Å². The van der Waals surface area contributed by atoms with Crippen molar-refractivity contribution in [3.8, 4) is 0 Å². The summed E-state index contributed by atoms with van der Waals surface area (Å²) in [5.74, 6) is -0.593. The molecule has 0 aliphatic rings. The summed E-state index contributed by atoms with van der Waals surface area (Å²) in [7, 11) is 0. The van der Waals surface area contributed by atoms with Gasteiger partial charge in [-0.1, -0.05) is 6.92 Å². The highest BCUT2D eigenvalue weighted by Crippen LogP contribution is 2.28. The third-order valence-corrected chi connectivity index (χ3v) is 4.67. The van der Waals surface area contributed by atoms with Gasteiger partial charge >= 0.3 is 0 Å². The van der Waals surface area contributed by atoms with Crippen molar-refractivity contribution in [2.75, 3.05) is 0 Å². The summed E-state index contributed by atoms with van der Waals surface area (Å²) >= 11 is 1.20. The van der Waals surface area contributed by atoms with Crippen LogP contribution in [0.3, 0.4) is 0 Å². The van der Waals surface area contributed by atoms with Crippen LogP contribution >= 0.6 is 11.3 Å². The fourth-order valence-electron chi connectivity index (χ4n) is 2.21. The van der Waals surface area contributed by atoms with E-state index in [1.165, 1.54) is 23.5 Å². The number of aromatic nitrogens is 2. The molecule has 2 N–H and O–H groups in total. The molecule has 1 atom stereocenters. The topological polar surface area (TPSA) is 66.0 Å². The van der Waals surface area contributed by atoms with Gasteiger partial charge in [0.2, 0.25) is 5.78 Å². The fraction of sp³-hybridized carbons (Fsp3) is 0.250. The molecule has 0 saturated heterocycles. The number of benzene rings is 1. The number of thiazole rings is 1. The van der Waals surface area contributed by atoms with Gasteiger partial charge in [0.1, 0.15) is 11.4 Å². The molecule has 0 radical (unpaired) electrons. The third kappa shape index (κ3) is 2.44. The van der Waals surface area contributed by atoms with Gasteiger partial charge in [-0.3, -0.25) is 4.79 Å². The minimum Gasteiger partial charge on any atom is -0.384 e. The molecule has 6 heteroatoms. The Bertz CT molecular complexity index is 851. The number of carbonyl (C=O) groups excluding carboxylic acids is 1. The van der Waals surface area contributed by atoms with Gasteiger partial charge in [0, 0.05) is 22.5 Å². The third-order valence-electron chi connectivity index (χ3n) is 3.83. The van der Waals surface area contributed by atoms with Crippen molar-refractivity contribution in [1.82, 2.24) is 9.97 Å². The first kappa shape index (κ1) is 14.9. The van der Waals surface area contributed by atoms with Crippen molar-refractivity contribution < 1.29 is 14.3 Å². The number of carbonyl (C=O) groups is 1. The summed E-state index contributed by atoms with van der Waals surface area (Å²) in [6, 6.07) is 4.24. The second-order valence-electron chi connectivity index (χ2n) is 5.39. The van der Waals surface area contributed by atoms with Gasteiger partial charge in [0.15, 0.2) is 5.01 Å². The lowest BCUT2D eigenvalue weighted by Crippen LogP contribution is -2.20. The second kappa shape index (κ2) is 5.30. The van der Waals surface area contributed by atoms with E-state index in [0.29, 0.717) is 33.6 Å². The van der Waals surface area contributed by atoms with Crippen LogP contribution in [-0.4, -0.2) is 20.9 Å². The molecule has 1 aromatic carbocycles. The number of aliphatic hydroxyl groups is 1. The van der Waals surface area contributed by atoms with Gasteiger partial charge < -0.3 is 10.1 Å². The standard InChI is InChI=1S/C16H15FN2O2S/c1-3-16(2,21)13-8-22-15(19-13)14(20)11-7-18-12-6-9(17)4-5-10(11)12/h4-8,18,21H,3H2,1-2H3/t16-/m0/s1. The molecule has 2 aromatic heterocycles. The Morgan fingerprint density at radius 3 is 3.00 bits per heavy atom.